The summed E-state index contributed by atoms with van der Waals surface area (Å²) in [5.74, 6) is 0.846. The Morgan fingerprint density at radius 2 is 2.31 bits per heavy atom. The Balaban J connectivity index is 2.06. The van der Waals surface area contributed by atoms with Gasteiger partial charge in [-0.3, -0.25) is 4.98 Å². The fraction of sp³-hybridized carbons (Fsp3) is 0.583. The molecule has 1 heterocycles. The number of pyridine rings is 1. The van der Waals surface area contributed by atoms with Gasteiger partial charge in [-0.1, -0.05) is 29.8 Å². The van der Waals surface area contributed by atoms with Gasteiger partial charge in [-0.15, -0.1) is 0 Å². The first-order valence-electron chi connectivity index (χ1n) is 5.47. The first kappa shape index (κ1) is 12.4. The van der Waals surface area contributed by atoms with E-state index in [1.807, 2.05) is 6.07 Å². The van der Waals surface area contributed by atoms with Crippen LogP contribution < -0.4 is 4.74 Å². The molecular formula is C12H15Br2NO. The van der Waals surface area contributed by atoms with Gasteiger partial charge in [0, 0.05) is 20.9 Å². The highest BCUT2D eigenvalue weighted by molar-refractivity contribution is 9.10. The van der Waals surface area contributed by atoms with Gasteiger partial charge >= 0.3 is 0 Å². The van der Waals surface area contributed by atoms with E-state index >= 15 is 0 Å². The Morgan fingerprint density at radius 1 is 1.56 bits per heavy atom. The van der Waals surface area contributed by atoms with Gasteiger partial charge in [-0.2, -0.15) is 0 Å². The minimum absolute atomic E-state index is 0.238. The zero-order valence-electron chi connectivity index (χ0n) is 9.41. The summed E-state index contributed by atoms with van der Waals surface area (Å²) >= 11 is 7.10. The maximum Gasteiger partial charge on any atom is 0.139 e. The van der Waals surface area contributed by atoms with E-state index in [1.165, 1.54) is 0 Å². The van der Waals surface area contributed by atoms with E-state index in [0.717, 1.165) is 23.1 Å². The highest BCUT2D eigenvalue weighted by Crippen LogP contribution is 2.50. The van der Waals surface area contributed by atoms with E-state index < -0.39 is 0 Å². The van der Waals surface area contributed by atoms with Crippen molar-refractivity contribution in [1.82, 2.24) is 4.98 Å². The minimum atomic E-state index is 0.238. The third-order valence-corrected chi connectivity index (χ3v) is 5.45. The average Bonchev–Trinajstić information content (AvgIpc) is 2.27. The predicted molar refractivity (Wildman–Crippen MR) is 72.1 cm³/mol. The molecule has 0 N–H and O–H groups in total. The summed E-state index contributed by atoms with van der Waals surface area (Å²) in [4.78, 5) is 4.67. The molecule has 3 unspecified atom stereocenters. The molecule has 2 nitrogen and oxygen atoms in total. The second-order valence-electron chi connectivity index (χ2n) is 4.51. The Labute approximate surface area is 113 Å². The Bertz CT molecular complexity index is 385. The molecular weight excluding hydrogens is 334 g/mol. The van der Waals surface area contributed by atoms with Crippen LogP contribution in [0.2, 0.25) is 0 Å². The molecule has 0 saturated heterocycles. The van der Waals surface area contributed by atoms with E-state index in [1.54, 1.807) is 12.4 Å². The molecule has 1 aliphatic rings. The molecule has 0 spiro atoms. The minimum Gasteiger partial charge on any atom is -0.488 e. The number of nitrogens with zero attached hydrogens (tertiary/aromatic N) is 1. The number of alkyl halides is 1. The fourth-order valence-electron chi connectivity index (χ4n) is 2.02. The summed E-state index contributed by atoms with van der Waals surface area (Å²) in [6.07, 6.45) is 6.01. The molecule has 0 amide bonds. The van der Waals surface area contributed by atoms with Gasteiger partial charge in [-0.05, 0) is 34.8 Å². The number of ether oxygens (including phenoxy) is 1. The highest BCUT2D eigenvalue weighted by atomic mass is 79.9. The molecule has 0 radical (unpaired) electrons. The summed E-state index contributed by atoms with van der Waals surface area (Å²) in [5.41, 5.74) is 0.238. The molecule has 4 heteroatoms. The lowest BCUT2D eigenvalue weighted by atomic mass is 9.65. The molecule has 1 aromatic heterocycles. The summed E-state index contributed by atoms with van der Waals surface area (Å²) < 4.78 is 6.94. The number of hydrogen-bond acceptors (Lipinski definition) is 2. The third kappa shape index (κ3) is 2.14. The van der Waals surface area contributed by atoms with Gasteiger partial charge in [0.2, 0.25) is 0 Å². The molecule has 0 aromatic carbocycles. The molecule has 1 aliphatic carbocycles. The zero-order chi connectivity index (χ0) is 11.8. The van der Waals surface area contributed by atoms with Gasteiger partial charge in [0.25, 0.3) is 0 Å². The van der Waals surface area contributed by atoms with Crippen molar-refractivity contribution in [3.05, 3.63) is 22.9 Å². The van der Waals surface area contributed by atoms with Crippen LogP contribution >= 0.6 is 31.9 Å². The number of hydrogen-bond donors (Lipinski definition) is 0. The SMILES string of the molecule is CCC1(C)C(Br)CC1Oc1cncc(Br)c1. The Morgan fingerprint density at radius 3 is 2.88 bits per heavy atom. The van der Waals surface area contributed by atoms with Crippen molar-refractivity contribution in [1.29, 1.82) is 0 Å². The second kappa shape index (κ2) is 4.65. The summed E-state index contributed by atoms with van der Waals surface area (Å²) in [7, 11) is 0. The van der Waals surface area contributed by atoms with Crippen molar-refractivity contribution in [3.8, 4) is 5.75 Å². The van der Waals surface area contributed by atoms with E-state index in [-0.39, 0.29) is 11.5 Å². The Kier molecular flexibility index (Phi) is 3.59. The molecule has 0 bridgehead atoms. The van der Waals surface area contributed by atoms with Crippen molar-refractivity contribution in [2.75, 3.05) is 0 Å². The van der Waals surface area contributed by atoms with E-state index in [0.29, 0.717) is 4.83 Å². The van der Waals surface area contributed by atoms with Gasteiger partial charge < -0.3 is 4.74 Å². The van der Waals surface area contributed by atoms with Gasteiger partial charge in [-0.25, -0.2) is 0 Å². The highest BCUT2D eigenvalue weighted by Gasteiger charge is 2.50. The lowest BCUT2D eigenvalue weighted by Crippen LogP contribution is -2.54. The van der Waals surface area contributed by atoms with Gasteiger partial charge in [0.15, 0.2) is 0 Å². The largest absolute Gasteiger partial charge is 0.488 e. The molecule has 1 saturated carbocycles. The number of rotatable bonds is 3. The second-order valence-corrected chi connectivity index (χ2v) is 6.53. The summed E-state index contributed by atoms with van der Waals surface area (Å²) in [5, 5.41) is 0. The van der Waals surface area contributed by atoms with Crippen LogP contribution in [0.5, 0.6) is 5.75 Å². The molecule has 1 fully saturated rings. The number of aromatic nitrogens is 1. The van der Waals surface area contributed by atoms with Crippen LogP contribution in [0.1, 0.15) is 26.7 Å². The normalized spacial score (nSPS) is 33.2. The van der Waals surface area contributed by atoms with E-state index in [9.17, 15) is 0 Å². The molecule has 88 valence electrons. The standard InChI is InChI=1S/C12H15Br2NO/c1-3-12(2)10(14)5-11(12)16-9-4-8(13)6-15-7-9/h4,6-7,10-11H,3,5H2,1-2H3. The van der Waals surface area contributed by atoms with E-state index in [2.05, 4.69) is 50.7 Å². The summed E-state index contributed by atoms with van der Waals surface area (Å²) in [6.45, 7) is 4.48. The van der Waals surface area contributed by atoms with Crippen LogP contribution in [0.25, 0.3) is 0 Å². The first-order chi connectivity index (χ1) is 7.56. The lowest BCUT2D eigenvalue weighted by Gasteiger charge is -2.50. The lowest BCUT2D eigenvalue weighted by molar-refractivity contribution is -0.0245. The van der Waals surface area contributed by atoms with Crippen LogP contribution in [0.15, 0.2) is 22.9 Å². The van der Waals surface area contributed by atoms with Crippen molar-refractivity contribution >= 4 is 31.9 Å². The van der Waals surface area contributed by atoms with Crippen molar-refractivity contribution < 1.29 is 4.74 Å². The molecule has 2 rings (SSSR count). The maximum atomic E-state index is 5.99. The summed E-state index contributed by atoms with van der Waals surface area (Å²) in [6, 6.07) is 1.96. The van der Waals surface area contributed by atoms with Crippen LogP contribution in [-0.4, -0.2) is 15.9 Å². The maximum absolute atomic E-state index is 5.99. The van der Waals surface area contributed by atoms with Gasteiger partial charge in [0.05, 0.1) is 6.20 Å². The van der Waals surface area contributed by atoms with Crippen LogP contribution in [0, 0.1) is 5.41 Å². The third-order valence-electron chi connectivity index (χ3n) is 3.59. The molecule has 1 aromatic rings. The van der Waals surface area contributed by atoms with Crippen molar-refractivity contribution in [2.24, 2.45) is 5.41 Å². The Hall–Kier alpha value is -0.0900. The van der Waals surface area contributed by atoms with Crippen molar-refractivity contribution in [2.45, 2.75) is 37.6 Å². The van der Waals surface area contributed by atoms with E-state index in [4.69, 9.17) is 4.74 Å². The molecule has 0 aliphatic heterocycles. The quantitative estimate of drug-likeness (QED) is 0.764. The number of halogens is 2. The fourth-order valence-corrected chi connectivity index (χ4v) is 3.32. The zero-order valence-corrected chi connectivity index (χ0v) is 12.6. The smallest absolute Gasteiger partial charge is 0.139 e. The topological polar surface area (TPSA) is 22.1 Å². The first-order valence-corrected chi connectivity index (χ1v) is 7.18. The predicted octanol–water partition coefficient (Wildman–Crippen LogP) is 4.18. The van der Waals surface area contributed by atoms with Crippen LogP contribution in [0.4, 0.5) is 0 Å². The van der Waals surface area contributed by atoms with Crippen LogP contribution in [0.3, 0.4) is 0 Å². The van der Waals surface area contributed by atoms with Gasteiger partial charge in [0.1, 0.15) is 11.9 Å². The monoisotopic (exact) mass is 347 g/mol. The molecule has 16 heavy (non-hydrogen) atoms. The van der Waals surface area contributed by atoms with Crippen LogP contribution in [-0.2, 0) is 0 Å². The van der Waals surface area contributed by atoms with Crippen molar-refractivity contribution in [3.63, 3.8) is 0 Å². The average molecular weight is 349 g/mol. The molecule has 3 atom stereocenters.